The lowest BCUT2D eigenvalue weighted by atomic mass is 9.89. The number of aryl methyl sites for hydroxylation is 1. The summed E-state index contributed by atoms with van der Waals surface area (Å²) in [5, 5.41) is 2.05. The Morgan fingerprint density at radius 2 is 1.28 bits per heavy atom. The van der Waals surface area contributed by atoms with Crippen molar-refractivity contribution in [3.63, 3.8) is 0 Å². The number of para-hydroxylation sites is 1. The fraction of sp³-hybridized carbons (Fsp3) is 0.176. The monoisotopic (exact) mass is 517 g/mol. The molecular formula is C34H31NO4. The highest BCUT2D eigenvalue weighted by molar-refractivity contribution is 5.69. The van der Waals surface area contributed by atoms with Crippen molar-refractivity contribution in [2.24, 2.45) is 0 Å². The number of anilines is 1. The van der Waals surface area contributed by atoms with Crippen molar-refractivity contribution in [2.75, 3.05) is 19.3 Å². The van der Waals surface area contributed by atoms with Gasteiger partial charge in [0.05, 0.1) is 19.9 Å². The highest BCUT2D eigenvalue weighted by Gasteiger charge is 2.38. The van der Waals surface area contributed by atoms with Gasteiger partial charge in [0.25, 0.3) is 0 Å². The summed E-state index contributed by atoms with van der Waals surface area (Å²) in [5.41, 5.74) is 6.43. The zero-order valence-electron chi connectivity index (χ0n) is 22.3. The molecule has 4 aromatic carbocycles. The van der Waals surface area contributed by atoms with Gasteiger partial charge in [0.1, 0.15) is 35.2 Å². The Hall–Kier alpha value is -4.48. The molecule has 1 aromatic heterocycles. The summed E-state index contributed by atoms with van der Waals surface area (Å²) in [5.74, 6) is 3.37. The maximum atomic E-state index is 6.98. The lowest BCUT2D eigenvalue weighted by molar-refractivity contribution is 0.0260. The molecule has 0 aliphatic carbocycles. The van der Waals surface area contributed by atoms with Gasteiger partial charge in [-0.2, -0.15) is 0 Å². The van der Waals surface area contributed by atoms with E-state index in [0.29, 0.717) is 6.42 Å². The lowest BCUT2D eigenvalue weighted by Crippen LogP contribution is -2.30. The molecular weight excluding hydrogens is 486 g/mol. The Balaban J connectivity index is 1.58. The van der Waals surface area contributed by atoms with Crippen LogP contribution in [0.1, 0.15) is 40.2 Å². The Labute approximate surface area is 229 Å². The molecule has 0 fully saturated rings. The third-order valence-corrected chi connectivity index (χ3v) is 7.35. The quantitative estimate of drug-likeness (QED) is 0.228. The first-order chi connectivity index (χ1) is 19.2. The minimum absolute atomic E-state index is 0.233. The van der Waals surface area contributed by atoms with Crippen molar-refractivity contribution >= 4 is 5.69 Å². The molecule has 0 saturated carbocycles. The number of furan rings is 1. The molecule has 0 spiro atoms. The number of benzene rings is 4. The summed E-state index contributed by atoms with van der Waals surface area (Å²) >= 11 is 0. The van der Waals surface area contributed by atoms with Crippen LogP contribution < -0.4 is 14.5 Å². The van der Waals surface area contributed by atoms with Crippen molar-refractivity contribution in [2.45, 2.75) is 25.5 Å². The maximum Gasteiger partial charge on any atom is 0.140 e. The summed E-state index contributed by atoms with van der Waals surface area (Å²) in [6, 6.07) is 36.7. The SMILES string of the molecule is COc1ccc(-c2oc(C)c3c2[C@@H](c2ccccc2)N(c2ccccc2)O[C@@H](c2ccc(OC)cc2)C3)cc1. The van der Waals surface area contributed by atoms with E-state index in [4.69, 9.17) is 18.7 Å². The summed E-state index contributed by atoms with van der Waals surface area (Å²) in [6.45, 7) is 2.05. The lowest BCUT2D eigenvalue weighted by Gasteiger charge is -2.34. The molecule has 196 valence electrons. The topological polar surface area (TPSA) is 44.1 Å². The second-order valence-electron chi connectivity index (χ2n) is 9.65. The van der Waals surface area contributed by atoms with E-state index < -0.39 is 0 Å². The van der Waals surface area contributed by atoms with Gasteiger partial charge in [0, 0.05) is 23.1 Å². The predicted octanol–water partition coefficient (Wildman–Crippen LogP) is 8.10. The van der Waals surface area contributed by atoms with Gasteiger partial charge in [-0.1, -0.05) is 60.7 Å². The zero-order valence-corrected chi connectivity index (χ0v) is 22.3. The standard InChI is InChI=1S/C34H31NO4/c1-23-30-22-31(24-14-18-28(36-2)19-15-24)39-35(27-12-8-5-9-13-27)33(25-10-6-4-7-11-25)32(30)34(38-23)26-16-20-29(37-3)21-17-26/h4-21,31,33H,22H2,1-3H3/t31-,33-/m1/s1. The second kappa shape index (κ2) is 10.7. The van der Waals surface area contributed by atoms with Crippen LogP contribution >= 0.6 is 0 Å². The molecule has 2 heterocycles. The fourth-order valence-corrected chi connectivity index (χ4v) is 5.35. The average molecular weight is 518 g/mol. The number of rotatable bonds is 6. The van der Waals surface area contributed by atoms with E-state index in [2.05, 4.69) is 72.7 Å². The molecule has 0 N–H and O–H groups in total. The van der Waals surface area contributed by atoms with Crippen LogP contribution in [0.3, 0.4) is 0 Å². The molecule has 0 radical (unpaired) electrons. The average Bonchev–Trinajstić information content (AvgIpc) is 3.20. The second-order valence-corrected chi connectivity index (χ2v) is 9.65. The fourth-order valence-electron chi connectivity index (χ4n) is 5.35. The van der Waals surface area contributed by atoms with E-state index in [9.17, 15) is 0 Å². The van der Waals surface area contributed by atoms with Crippen LogP contribution in [-0.2, 0) is 11.3 Å². The molecule has 0 saturated heterocycles. The van der Waals surface area contributed by atoms with Gasteiger partial charge >= 0.3 is 0 Å². The largest absolute Gasteiger partial charge is 0.497 e. The molecule has 0 bridgehead atoms. The predicted molar refractivity (Wildman–Crippen MR) is 153 cm³/mol. The molecule has 5 heteroatoms. The Morgan fingerprint density at radius 1 is 0.692 bits per heavy atom. The van der Waals surface area contributed by atoms with E-state index >= 15 is 0 Å². The zero-order chi connectivity index (χ0) is 26.8. The summed E-state index contributed by atoms with van der Waals surface area (Å²) in [4.78, 5) is 6.98. The molecule has 5 aromatic rings. The summed E-state index contributed by atoms with van der Waals surface area (Å²) < 4.78 is 17.4. The van der Waals surface area contributed by atoms with Crippen LogP contribution in [0, 0.1) is 6.92 Å². The van der Waals surface area contributed by atoms with Crippen LogP contribution in [0.25, 0.3) is 11.3 Å². The molecule has 1 aliphatic rings. The third kappa shape index (κ3) is 4.77. The van der Waals surface area contributed by atoms with Crippen molar-refractivity contribution in [1.29, 1.82) is 0 Å². The van der Waals surface area contributed by atoms with E-state index in [1.807, 2.05) is 48.5 Å². The van der Waals surface area contributed by atoms with Gasteiger partial charge in [-0.25, -0.2) is 5.06 Å². The molecule has 0 amide bonds. The third-order valence-electron chi connectivity index (χ3n) is 7.35. The van der Waals surface area contributed by atoms with Gasteiger partial charge in [-0.05, 0) is 66.6 Å². The van der Waals surface area contributed by atoms with Gasteiger partial charge < -0.3 is 13.9 Å². The van der Waals surface area contributed by atoms with Crippen molar-refractivity contribution in [3.8, 4) is 22.8 Å². The molecule has 2 atom stereocenters. The smallest absolute Gasteiger partial charge is 0.140 e. The van der Waals surface area contributed by atoms with Crippen molar-refractivity contribution in [1.82, 2.24) is 0 Å². The van der Waals surface area contributed by atoms with Crippen LogP contribution in [-0.4, -0.2) is 14.2 Å². The molecule has 6 rings (SSSR count). The van der Waals surface area contributed by atoms with Gasteiger partial charge in [0.2, 0.25) is 0 Å². The first-order valence-electron chi connectivity index (χ1n) is 13.1. The van der Waals surface area contributed by atoms with Crippen LogP contribution in [0.15, 0.2) is 114 Å². The van der Waals surface area contributed by atoms with Gasteiger partial charge in [-0.3, -0.25) is 4.84 Å². The van der Waals surface area contributed by atoms with E-state index in [1.165, 1.54) is 0 Å². The van der Waals surface area contributed by atoms with Crippen LogP contribution in [0.5, 0.6) is 11.5 Å². The molecule has 1 aliphatic heterocycles. The van der Waals surface area contributed by atoms with E-state index in [0.717, 1.165) is 56.5 Å². The number of methoxy groups -OCH3 is 2. The number of hydrogen-bond donors (Lipinski definition) is 0. The highest BCUT2D eigenvalue weighted by Crippen LogP contribution is 2.48. The van der Waals surface area contributed by atoms with E-state index in [-0.39, 0.29) is 12.1 Å². The minimum atomic E-state index is -0.235. The molecule has 39 heavy (non-hydrogen) atoms. The minimum Gasteiger partial charge on any atom is -0.497 e. The number of ether oxygens (including phenoxy) is 2. The number of nitrogens with zero attached hydrogens (tertiary/aromatic N) is 1. The van der Waals surface area contributed by atoms with Crippen molar-refractivity contribution < 1.29 is 18.7 Å². The number of hydrogen-bond acceptors (Lipinski definition) is 5. The highest BCUT2D eigenvalue weighted by atomic mass is 16.7. The normalized spacial score (nSPS) is 16.8. The maximum absolute atomic E-state index is 6.98. The van der Waals surface area contributed by atoms with Crippen LogP contribution in [0.2, 0.25) is 0 Å². The molecule has 0 unspecified atom stereocenters. The van der Waals surface area contributed by atoms with Gasteiger partial charge in [0.15, 0.2) is 0 Å². The first kappa shape index (κ1) is 24.8. The van der Waals surface area contributed by atoms with Gasteiger partial charge in [-0.15, -0.1) is 0 Å². The summed E-state index contributed by atoms with van der Waals surface area (Å²) in [6.07, 6.45) is 0.434. The Morgan fingerprint density at radius 3 is 1.90 bits per heavy atom. The number of hydroxylamine groups is 1. The molecule has 5 nitrogen and oxygen atoms in total. The van der Waals surface area contributed by atoms with Crippen molar-refractivity contribution in [3.05, 3.63) is 137 Å². The van der Waals surface area contributed by atoms with E-state index in [1.54, 1.807) is 14.2 Å². The Kier molecular flexibility index (Phi) is 6.82. The summed E-state index contributed by atoms with van der Waals surface area (Å²) in [7, 11) is 3.36. The van der Waals surface area contributed by atoms with Crippen LogP contribution in [0.4, 0.5) is 5.69 Å². The Bertz CT molecular complexity index is 1530. The first-order valence-corrected chi connectivity index (χ1v) is 13.1. The number of fused-ring (bicyclic) bond motifs is 1.